The van der Waals surface area contributed by atoms with Gasteiger partial charge in [0.25, 0.3) is 0 Å². The molecule has 0 heterocycles. The Kier molecular flexibility index (Phi) is 3.28. The summed E-state index contributed by atoms with van der Waals surface area (Å²) in [6.45, 7) is 2.19. The lowest BCUT2D eigenvalue weighted by Gasteiger charge is -2.49. The van der Waals surface area contributed by atoms with Gasteiger partial charge in [-0.3, -0.25) is 0 Å². The minimum atomic E-state index is -0.546. The Morgan fingerprint density at radius 2 is 2.05 bits per heavy atom. The van der Waals surface area contributed by atoms with Crippen molar-refractivity contribution in [2.24, 2.45) is 17.3 Å². The van der Waals surface area contributed by atoms with Crippen molar-refractivity contribution < 1.29 is 14.9 Å². The quantitative estimate of drug-likeness (QED) is 0.838. The summed E-state index contributed by atoms with van der Waals surface area (Å²) in [5, 5.41) is 20.6. The molecule has 3 heteroatoms. The number of methoxy groups -OCH3 is 1. The first-order valence-electron chi connectivity index (χ1n) is 8.57. The van der Waals surface area contributed by atoms with Crippen molar-refractivity contribution in [1.82, 2.24) is 0 Å². The molecule has 3 aliphatic rings. The molecule has 0 radical (unpaired) electrons. The summed E-state index contributed by atoms with van der Waals surface area (Å²) in [6, 6.07) is 6.51. The number of hydrogen-bond donors (Lipinski definition) is 2. The summed E-state index contributed by atoms with van der Waals surface area (Å²) in [5.74, 6) is 2.59. The molecular formula is C19H26O3. The normalized spacial score (nSPS) is 43.2. The first-order chi connectivity index (χ1) is 10.5. The maximum atomic E-state index is 10.4. The van der Waals surface area contributed by atoms with E-state index in [1.807, 2.05) is 0 Å². The molecule has 2 saturated carbocycles. The van der Waals surface area contributed by atoms with E-state index in [1.165, 1.54) is 17.5 Å². The molecule has 6 atom stereocenters. The minimum absolute atomic E-state index is 0.0927. The van der Waals surface area contributed by atoms with Crippen LogP contribution in [0.5, 0.6) is 5.75 Å². The van der Waals surface area contributed by atoms with E-state index in [0.717, 1.165) is 31.4 Å². The maximum Gasteiger partial charge on any atom is 0.119 e. The third kappa shape index (κ3) is 1.88. The van der Waals surface area contributed by atoms with Gasteiger partial charge in [0.1, 0.15) is 5.75 Å². The summed E-state index contributed by atoms with van der Waals surface area (Å²) in [4.78, 5) is 0. The smallest absolute Gasteiger partial charge is 0.119 e. The number of fused-ring (bicyclic) bond motifs is 5. The molecule has 1 aromatic rings. The molecular weight excluding hydrogens is 276 g/mol. The molecule has 120 valence electrons. The standard InChI is InChI=1S/C19H26O3/c1-19-8-7-14-13-6-4-12(22-2)9-11(13)3-5-15(14)16(19)10-17(20)18(19)21/h4,6,9,14-18,20-21H,3,5,7-8,10H2,1-2H3/t14-,15-,16+,17+,18+,19+/m1/s1. The van der Waals surface area contributed by atoms with Crippen LogP contribution in [-0.2, 0) is 6.42 Å². The second-order valence-corrected chi connectivity index (χ2v) is 7.77. The Labute approximate surface area is 132 Å². The monoisotopic (exact) mass is 302 g/mol. The average molecular weight is 302 g/mol. The van der Waals surface area contributed by atoms with Crippen LogP contribution < -0.4 is 4.74 Å². The summed E-state index contributed by atoms with van der Waals surface area (Å²) in [7, 11) is 1.72. The largest absolute Gasteiger partial charge is 0.497 e. The van der Waals surface area contributed by atoms with Crippen LogP contribution in [0.4, 0.5) is 0 Å². The van der Waals surface area contributed by atoms with Gasteiger partial charge in [0.15, 0.2) is 0 Å². The predicted octanol–water partition coefficient (Wildman–Crippen LogP) is 2.88. The van der Waals surface area contributed by atoms with Crippen molar-refractivity contribution in [3.63, 3.8) is 0 Å². The molecule has 0 amide bonds. The van der Waals surface area contributed by atoms with Gasteiger partial charge in [0.05, 0.1) is 19.3 Å². The molecule has 2 fully saturated rings. The lowest BCUT2D eigenvalue weighted by molar-refractivity contribution is -0.0505. The highest BCUT2D eigenvalue weighted by molar-refractivity contribution is 5.40. The lowest BCUT2D eigenvalue weighted by Crippen LogP contribution is -2.44. The number of aliphatic hydroxyl groups excluding tert-OH is 2. The predicted molar refractivity (Wildman–Crippen MR) is 85.0 cm³/mol. The summed E-state index contributed by atoms with van der Waals surface area (Å²) >= 11 is 0. The first kappa shape index (κ1) is 14.5. The zero-order chi connectivity index (χ0) is 15.5. The number of rotatable bonds is 1. The van der Waals surface area contributed by atoms with E-state index in [-0.39, 0.29) is 5.41 Å². The lowest BCUT2D eigenvalue weighted by atomic mass is 9.55. The second kappa shape index (κ2) is 4.97. The summed E-state index contributed by atoms with van der Waals surface area (Å²) in [6.07, 6.45) is 4.09. The zero-order valence-electron chi connectivity index (χ0n) is 13.5. The van der Waals surface area contributed by atoms with E-state index >= 15 is 0 Å². The van der Waals surface area contributed by atoms with Crippen LogP contribution in [0, 0.1) is 17.3 Å². The minimum Gasteiger partial charge on any atom is -0.497 e. The molecule has 0 spiro atoms. The highest BCUT2D eigenvalue weighted by atomic mass is 16.5. The van der Waals surface area contributed by atoms with E-state index in [0.29, 0.717) is 17.8 Å². The number of ether oxygens (including phenoxy) is 1. The van der Waals surface area contributed by atoms with Gasteiger partial charge in [-0.25, -0.2) is 0 Å². The highest BCUT2D eigenvalue weighted by Crippen LogP contribution is 2.60. The Bertz CT molecular complexity index is 584. The number of aliphatic hydroxyl groups is 2. The van der Waals surface area contributed by atoms with Crippen LogP contribution in [0.15, 0.2) is 18.2 Å². The third-order valence-corrected chi connectivity index (χ3v) is 6.91. The van der Waals surface area contributed by atoms with Gasteiger partial charge in [-0.05, 0) is 78.5 Å². The Hall–Kier alpha value is -1.06. The van der Waals surface area contributed by atoms with Gasteiger partial charge in [-0.15, -0.1) is 0 Å². The van der Waals surface area contributed by atoms with Gasteiger partial charge < -0.3 is 14.9 Å². The van der Waals surface area contributed by atoms with E-state index in [2.05, 4.69) is 25.1 Å². The van der Waals surface area contributed by atoms with Crippen molar-refractivity contribution >= 4 is 0 Å². The second-order valence-electron chi connectivity index (χ2n) is 7.77. The number of aryl methyl sites for hydroxylation is 1. The molecule has 2 N–H and O–H groups in total. The van der Waals surface area contributed by atoms with E-state index in [4.69, 9.17) is 4.74 Å². The molecule has 22 heavy (non-hydrogen) atoms. The van der Waals surface area contributed by atoms with Gasteiger partial charge in [0, 0.05) is 0 Å². The summed E-state index contributed by atoms with van der Waals surface area (Å²) in [5.41, 5.74) is 2.82. The van der Waals surface area contributed by atoms with E-state index < -0.39 is 12.2 Å². The number of hydrogen-bond acceptors (Lipinski definition) is 3. The first-order valence-corrected chi connectivity index (χ1v) is 8.57. The molecule has 0 bridgehead atoms. The molecule has 0 unspecified atom stereocenters. The molecule has 3 nitrogen and oxygen atoms in total. The van der Waals surface area contributed by atoms with Crippen LogP contribution >= 0.6 is 0 Å². The van der Waals surface area contributed by atoms with Crippen molar-refractivity contribution in [2.45, 2.75) is 57.2 Å². The van der Waals surface area contributed by atoms with Crippen LogP contribution in [0.1, 0.15) is 49.7 Å². The molecule has 1 aromatic carbocycles. The zero-order valence-corrected chi connectivity index (χ0v) is 13.5. The molecule has 0 saturated heterocycles. The van der Waals surface area contributed by atoms with Crippen molar-refractivity contribution in [3.8, 4) is 5.75 Å². The molecule has 0 aliphatic heterocycles. The fraction of sp³-hybridized carbons (Fsp3) is 0.684. The van der Waals surface area contributed by atoms with Crippen LogP contribution in [-0.4, -0.2) is 29.5 Å². The van der Waals surface area contributed by atoms with Gasteiger partial charge in [-0.1, -0.05) is 13.0 Å². The fourth-order valence-corrected chi connectivity index (χ4v) is 5.67. The van der Waals surface area contributed by atoms with Crippen molar-refractivity contribution in [3.05, 3.63) is 29.3 Å². The maximum absolute atomic E-state index is 10.4. The van der Waals surface area contributed by atoms with Crippen molar-refractivity contribution in [1.29, 1.82) is 0 Å². The Balaban J connectivity index is 1.69. The molecule has 3 aliphatic carbocycles. The Morgan fingerprint density at radius 1 is 1.23 bits per heavy atom. The van der Waals surface area contributed by atoms with E-state index in [1.54, 1.807) is 7.11 Å². The van der Waals surface area contributed by atoms with Gasteiger partial charge in [0.2, 0.25) is 0 Å². The van der Waals surface area contributed by atoms with Crippen molar-refractivity contribution in [2.75, 3.05) is 7.11 Å². The fourth-order valence-electron chi connectivity index (χ4n) is 5.67. The van der Waals surface area contributed by atoms with Gasteiger partial charge in [-0.2, -0.15) is 0 Å². The van der Waals surface area contributed by atoms with Crippen LogP contribution in [0.2, 0.25) is 0 Å². The third-order valence-electron chi connectivity index (χ3n) is 6.91. The highest BCUT2D eigenvalue weighted by Gasteiger charge is 2.57. The van der Waals surface area contributed by atoms with E-state index in [9.17, 15) is 10.2 Å². The Morgan fingerprint density at radius 3 is 2.82 bits per heavy atom. The summed E-state index contributed by atoms with van der Waals surface area (Å²) < 4.78 is 5.36. The average Bonchev–Trinajstić information content (AvgIpc) is 2.77. The molecule has 0 aromatic heterocycles. The van der Waals surface area contributed by atoms with Crippen LogP contribution in [0.3, 0.4) is 0 Å². The van der Waals surface area contributed by atoms with Crippen LogP contribution in [0.25, 0.3) is 0 Å². The van der Waals surface area contributed by atoms with Gasteiger partial charge >= 0.3 is 0 Å². The topological polar surface area (TPSA) is 49.7 Å². The SMILES string of the molecule is COc1ccc2c(c1)CC[C@@H]1[C@@H]2CC[C@]2(C)[C@@H](O)[C@@H](O)C[C@@H]12. The number of benzene rings is 1. The molecule has 4 rings (SSSR count).